The Kier molecular flexibility index (Phi) is 16.2. The Balaban J connectivity index is 1.94. The number of phenols is 2. The number of hydrogen-bond donors (Lipinski definition) is 6. The number of aromatic hydroxyl groups is 2. The van der Waals surface area contributed by atoms with Crippen LogP contribution in [0.5, 0.6) is 17.2 Å². The van der Waals surface area contributed by atoms with Gasteiger partial charge in [0.2, 0.25) is 5.96 Å². The molecule has 3 heterocycles. The number of guanidine groups is 1. The summed E-state index contributed by atoms with van der Waals surface area (Å²) >= 11 is 0. The minimum atomic E-state index is -2.02. The number of ether oxygens (including phenoxy) is 4. The summed E-state index contributed by atoms with van der Waals surface area (Å²) in [5.74, 6) is -7.64. The highest BCUT2D eigenvalue weighted by molar-refractivity contribution is 6.22. The number of allylic oxidation sites excluding steroid dienone is 2. The molecule has 0 saturated carbocycles. The van der Waals surface area contributed by atoms with Gasteiger partial charge in [0.25, 0.3) is 11.7 Å². The van der Waals surface area contributed by atoms with E-state index >= 15 is 0 Å². The number of aliphatic imine (C=N–C) groups is 1. The van der Waals surface area contributed by atoms with E-state index in [2.05, 4.69) is 25.4 Å². The van der Waals surface area contributed by atoms with Crippen LogP contribution in [-0.2, 0) is 23.8 Å². The summed E-state index contributed by atoms with van der Waals surface area (Å²) in [7, 11) is 1.44. The molecule has 9 unspecified atom stereocenters. The van der Waals surface area contributed by atoms with Crippen molar-refractivity contribution < 1.29 is 53.8 Å². The third-order valence-corrected chi connectivity index (χ3v) is 11.7. The number of anilines is 1. The average molecular weight is 851 g/mol. The van der Waals surface area contributed by atoms with Gasteiger partial charge >= 0.3 is 11.8 Å². The van der Waals surface area contributed by atoms with Gasteiger partial charge in [-0.3, -0.25) is 14.4 Å². The molecule has 7 N–H and O–H groups in total. The van der Waals surface area contributed by atoms with Crippen LogP contribution in [0.25, 0.3) is 10.8 Å². The van der Waals surface area contributed by atoms with Crippen LogP contribution >= 0.6 is 0 Å². The Morgan fingerprint density at radius 2 is 1.67 bits per heavy atom. The number of phenolic OH excluding ortho intramolecular Hbond substituents is 2. The first-order chi connectivity index (χ1) is 28.7. The first-order valence-corrected chi connectivity index (χ1v) is 20.5. The number of carbonyl (C=O) groups is 3. The molecule has 0 spiro atoms. The number of ketones is 1. The number of nitrogens with one attached hydrogen (secondary N) is 1. The minimum Gasteiger partial charge on any atom is -0.507 e. The number of rotatable bonds is 8. The van der Waals surface area contributed by atoms with E-state index in [9.17, 15) is 34.8 Å². The summed E-state index contributed by atoms with van der Waals surface area (Å²) in [6.07, 6.45) is 3.65. The lowest BCUT2D eigenvalue weighted by atomic mass is 9.78. The molecule has 2 aromatic carbocycles. The number of carbonyl (C=O) groups excluding carboxylic acids is 3. The normalized spacial score (nSPS) is 29.1. The second-order valence-electron chi connectivity index (χ2n) is 15.9. The number of Topliss-reactive ketones (excluding diaryl/α,β-unsaturated/α-hetero) is 1. The second-order valence-corrected chi connectivity index (χ2v) is 15.9. The van der Waals surface area contributed by atoms with Gasteiger partial charge in [0, 0.05) is 67.7 Å². The summed E-state index contributed by atoms with van der Waals surface area (Å²) in [5.41, 5.74) is 6.11. The van der Waals surface area contributed by atoms with Gasteiger partial charge < -0.3 is 55.3 Å². The van der Waals surface area contributed by atoms with Crippen LogP contribution in [0.3, 0.4) is 0 Å². The SMILES string of the molecule is CCN(CC)CCN=C(N)N=Nc1cc2c(O)c3c(O)c(C)c4c(c13)C(=O)C(C)(O/C=C/C(OC)C(C)C(OC(C)=O)C(C)C(O)C(C)C(O)C(C)/C=C/C=C(C)C(=O)N2)O4. The van der Waals surface area contributed by atoms with E-state index in [1.807, 2.05) is 13.8 Å². The molecule has 5 rings (SSSR count). The van der Waals surface area contributed by atoms with Crippen LogP contribution < -0.4 is 15.8 Å². The van der Waals surface area contributed by atoms with Gasteiger partial charge in [-0.15, -0.1) is 10.2 Å². The molecule has 1 amide bonds. The van der Waals surface area contributed by atoms with E-state index in [1.54, 1.807) is 39.8 Å². The number of nitrogens with zero attached hydrogens (tertiary/aromatic N) is 4. The summed E-state index contributed by atoms with van der Waals surface area (Å²) in [5, 5.41) is 57.0. The lowest BCUT2D eigenvalue weighted by molar-refractivity contribution is -0.160. The van der Waals surface area contributed by atoms with Gasteiger partial charge in [0.05, 0.1) is 53.4 Å². The minimum absolute atomic E-state index is 0.0459. The van der Waals surface area contributed by atoms with Gasteiger partial charge in [0.1, 0.15) is 17.6 Å². The number of fused-ring (bicyclic) bond motifs is 14. The lowest BCUT2D eigenvalue weighted by Crippen LogP contribution is -2.46. The van der Waals surface area contributed by atoms with Gasteiger partial charge in [-0.1, -0.05) is 59.8 Å². The Morgan fingerprint density at radius 3 is 2.30 bits per heavy atom. The summed E-state index contributed by atoms with van der Waals surface area (Å²) in [6, 6.07) is 1.29. The maximum Gasteiger partial charge on any atom is 0.312 e. The Hall–Kier alpha value is -5.36. The molecular formula is C44H62N6O11. The molecule has 0 radical (unpaired) electrons. The number of esters is 1. The van der Waals surface area contributed by atoms with Crippen molar-refractivity contribution in [3.05, 3.63) is 53.3 Å². The van der Waals surface area contributed by atoms with Crippen LogP contribution in [0, 0.1) is 30.6 Å². The Labute approximate surface area is 357 Å². The zero-order valence-electron chi connectivity index (χ0n) is 36.9. The van der Waals surface area contributed by atoms with Gasteiger partial charge in [0.15, 0.2) is 5.75 Å². The van der Waals surface area contributed by atoms with Crippen LogP contribution in [0.2, 0.25) is 0 Å². The quantitative estimate of drug-likeness (QED) is 0.0606. The van der Waals surface area contributed by atoms with E-state index in [1.165, 1.54) is 59.3 Å². The topological polar surface area (TPSA) is 247 Å². The first-order valence-electron chi connectivity index (χ1n) is 20.5. The summed E-state index contributed by atoms with van der Waals surface area (Å²) in [4.78, 5) is 46.9. The van der Waals surface area contributed by atoms with Gasteiger partial charge in [-0.25, -0.2) is 4.99 Å². The molecule has 0 saturated heterocycles. The molecule has 5 bridgehead atoms. The predicted molar refractivity (Wildman–Crippen MR) is 231 cm³/mol. The van der Waals surface area contributed by atoms with Crippen molar-refractivity contribution in [1.82, 2.24) is 4.90 Å². The van der Waals surface area contributed by atoms with E-state index < -0.39 is 83.0 Å². The molecule has 334 valence electrons. The summed E-state index contributed by atoms with van der Waals surface area (Å²) in [6.45, 7) is 19.3. The second kappa shape index (κ2) is 20.5. The van der Waals surface area contributed by atoms with E-state index in [0.29, 0.717) is 13.1 Å². The van der Waals surface area contributed by atoms with Crippen LogP contribution in [0.15, 0.2) is 57.4 Å². The zero-order valence-corrected chi connectivity index (χ0v) is 36.9. The van der Waals surface area contributed by atoms with Crippen LogP contribution in [0.1, 0.15) is 78.2 Å². The number of benzene rings is 2. The molecule has 17 nitrogen and oxygen atoms in total. The van der Waals surface area contributed by atoms with Crippen LogP contribution in [-0.4, -0.2) is 112 Å². The molecule has 2 aromatic rings. The zero-order chi connectivity index (χ0) is 45.5. The van der Waals surface area contributed by atoms with Crippen molar-refractivity contribution >= 4 is 45.8 Å². The fourth-order valence-electron chi connectivity index (χ4n) is 7.71. The standard InChI is InChI=1S/C44H62N6O11/c1-12-50(13-2)19-18-46-43(45)49-48-29-21-30-38(55)33-32(29)34-40(27(8)37(33)54)61-44(10,41(34)56)59-20-17-31(58-11)24(5)39(60-28(9)51)26(7)36(53)25(6)35(52)22(3)15-14-16-23(4)42(57)47-30/h14-17,20-22,24-26,31,35-36,39,52-55H,12-13,18-19H2,1-11H3,(H2,45,46)(H,47,57)/b15-14+,20-17+,23-16?,49-48?. The molecule has 0 aliphatic carbocycles. The maximum atomic E-state index is 14.5. The van der Waals surface area contributed by atoms with E-state index in [-0.39, 0.29) is 50.6 Å². The van der Waals surface area contributed by atoms with Crippen molar-refractivity contribution in [2.24, 2.45) is 44.6 Å². The van der Waals surface area contributed by atoms with E-state index in [4.69, 9.17) is 24.7 Å². The molecule has 0 fully saturated rings. The molecule has 17 heteroatoms. The number of aliphatic hydroxyl groups excluding tert-OH is 2. The third kappa shape index (κ3) is 10.6. The Morgan fingerprint density at radius 1 is 1.00 bits per heavy atom. The first kappa shape index (κ1) is 48.3. The number of azo groups is 1. The van der Waals surface area contributed by atoms with E-state index in [0.717, 1.165) is 13.1 Å². The van der Waals surface area contributed by atoms with Crippen molar-refractivity contribution in [3.8, 4) is 17.2 Å². The highest BCUT2D eigenvalue weighted by Crippen LogP contribution is 2.54. The molecule has 0 aromatic heterocycles. The number of amides is 1. The number of hydrogen-bond acceptors (Lipinski definition) is 14. The number of nitrogens with two attached hydrogens (primary N) is 1. The summed E-state index contributed by atoms with van der Waals surface area (Å²) < 4.78 is 23.7. The average Bonchev–Trinajstić information content (AvgIpc) is 3.49. The van der Waals surface area contributed by atoms with Crippen molar-refractivity contribution in [1.29, 1.82) is 0 Å². The highest BCUT2D eigenvalue weighted by atomic mass is 16.7. The maximum absolute atomic E-state index is 14.5. The Bertz CT molecular complexity index is 2110. The molecule has 9 atom stereocenters. The van der Waals surface area contributed by atoms with Crippen molar-refractivity contribution in [3.63, 3.8) is 0 Å². The number of methoxy groups -OCH3 is 1. The highest BCUT2D eigenvalue weighted by Gasteiger charge is 2.49. The number of aliphatic hydroxyl groups is 2. The molecular weight excluding hydrogens is 789 g/mol. The van der Waals surface area contributed by atoms with Crippen molar-refractivity contribution in [2.75, 3.05) is 38.6 Å². The molecule has 3 aliphatic heterocycles. The smallest absolute Gasteiger partial charge is 0.312 e. The predicted octanol–water partition coefficient (Wildman–Crippen LogP) is 5.79. The molecule has 3 aliphatic rings. The fourth-order valence-corrected chi connectivity index (χ4v) is 7.71. The third-order valence-electron chi connectivity index (χ3n) is 11.7. The molecule has 61 heavy (non-hydrogen) atoms. The largest absolute Gasteiger partial charge is 0.507 e. The fraction of sp³-hybridized carbons (Fsp3) is 0.545. The monoisotopic (exact) mass is 850 g/mol. The number of likely N-dealkylation sites (N-methyl/N-ethyl adjacent to an activating group) is 1. The lowest BCUT2D eigenvalue weighted by Gasteiger charge is -2.38. The van der Waals surface area contributed by atoms with Gasteiger partial charge in [-0.2, -0.15) is 0 Å². The van der Waals surface area contributed by atoms with Crippen LogP contribution in [0.4, 0.5) is 11.4 Å². The van der Waals surface area contributed by atoms with Gasteiger partial charge in [-0.05, 0) is 39.1 Å². The van der Waals surface area contributed by atoms with Crippen molar-refractivity contribution in [2.45, 2.75) is 99.4 Å².